The second-order valence-corrected chi connectivity index (χ2v) is 4.03. The molecule has 1 aromatic carbocycles. The topological polar surface area (TPSA) is 50.1 Å². The average molecular weight is 217 g/mol. The van der Waals surface area contributed by atoms with Crippen LogP contribution in [0.2, 0.25) is 0 Å². The average Bonchev–Trinajstić information content (AvgIpc) is 2.28. The molecule has 0 spiro atoms. The number of methoxy groups -OCH3 is 1. The number of benzene rings is 1. The second kappa shape index (κ2) is 4.80. The first-order chi connectivity index (χ1) is 7.54. The van der Waals surface area contributed by atoms with E-state index in [0.717, 1.165) is 11.1 Å². The third-order valence-corrected chi connectivity index (χ3v) is 2.72. The number of aryl methyl sites for hydroxylation is 1. The number of carbonyl (C=O) groups excluding carboxylic acids is 1. The monoisotopic (exact) mass is 217 g/mol. The molecule has 0 aliphatic carbocycles. The number of carbonyl (C=O) groups is 1. The molecule has 0 aliphatic rings. The van der Waals surface area contributed by atoms with Crippen molar-refractivity contribution in [2.24, 2.45) is 0 Å². The summed E-state index contributed by atoms with van der Waals surface area (Å²) in [6.07, 6.45) is 0.114. The number of ether oxygens (including phenoxy) is 1. The summed E-state index contributed by atoms with van der Waals surface area (Å²) < 4.78 is 4.77. The minimum atomic E-state index is -0.879. The molecule has 0 radical (unpaired) electrons. The summed E-state index contributed by atoms with van der Waals surface area (Å²) in [6, 6.07) is 9.63. The van der Waals surface area contributed by atoms with Crippen LogP contribution < -0.4 is 0 Å². The Hall–Kier alpha value is -1.82. The standard InChI is InChI=1S/C13H15NO2/c1-10-5-4-6-11(9-10)13(2,7-8-14)12(15)16-3/h4-6,9H,7H2,1-3H3. The van der Waals surface area contributed by atoms with Crippen molar-refractivity contribution in [3.05, 3.63) is 35.4 Å². The Morgan fingerprint density at radius 3 is 2.75 bits per heavy atom. The Labute approximate surface area is 95.7 Å². The molecule has 0 amide bonds. The largest absolute Gasteiger partial charge is 0.468 e. The molecule has 3 heteroatoms. The summed E-state index contributed by atoms with van der Waals surface area (Å²) in [5.41, 5.74) is 1.00. The van der Waals surface area contributed by atoms with Gasteiger partial charge in [-0.25, -0.2) is 0 Å². The maximum absolute atomic E-state index is 11.8. The maximum atomic E-state index is 11.8. The van der Waals surface area contributed by atoms with Crippen LogP contribution in [-0.2, 0) is 14.9 Å². The predicted molar refractivity (Wildman–Crippen MR) is 60.8 cm³/mol. The van der Waals surface area contributed by atoms with Crippen molar-refractivity contribution < 1.29 is 9.53 Å². The van der Waals surface area contributed by atoms with E-state index in [-0.39, 0.29) is 12.4 Å². The Bertz CT molecular complexity index is 434. The molecule has 0 aliphatic heterocycles. The van der Waals surface area contributed by atoms with Crippen LogP contribution in [0.4, 0.5) is 0 Å². The van der Waals surface area contributed by atoms with E-state index >= 15 is 0 Å². The second-order valence-electron chi connectivity index (χ2n) is 4.03. The van der Waals surface area contributed by atoms with Gasteiger partial charge in [0.25, 0.3) is 0 Å². The molecule has 0 saturated heterocycles. The van der Waals surface area contributed by atoms with Crippen molar-refractivity contribution >= 4 is 5.97 Å². The molecule has 0 bridgehead atoms. The van der Waals surface area contributed by atoms with Gasteiger partial charge in [-0.15, -0.1) is 0 Å². The zero-order chi connectivity index (χ0) is 12.2. The van der Waals surface area contributed by atoms with Crippen molar-refractivity contribution in [2.45, 2.75) is 25.7 Å². The number of nitrogens with zero attached hydrogens (tertiary/aromatic N) is 1. The fourth-order valence-electron chi connectivity index (χ4n) is 1.66. The molecule has 1 atom stereocenters. The Balaban J connectivity index is 3.22. The van der Waals surface area contributed by atoms with E-state index in [9.17, 15) is 4.79 Å². The summed E-state index contributed by atoms with van der Waals surface area (Å²) in [6.45, 7) is 3.68. The molecule has 0 fully saturated rings. The summed E-state index contributed by atoms with van der Waals surface area (Å²) >= 11 is 0. The minimum absolute atomic E-state index is 0.114. The highest BCUT2D eigenvalue weighted by Gasteiger charge is 2.36. The fourth-order valence-corrected chi connectivity index (χ4v) is 1.66. The van der Waals surface area contributed by atoms with Gasteiger partial charge in [-0.2, -0.15) is 5.26 Å². The maximum Gasteiger partial charge on any atom is 0.317 e. The summed E-state index contributed by atoms with van der Waals surface area (Å²) in [5.74, 6) is -0.375. The quantitative estimate of drug-likeness (QED) is 0.730. The molecular weight excluding hydrogens is 202 g/mol. The molecule has 0 saturated carbocycles. The van der Waals surface area contributed by atoms with E-state index in [1.165, 1.54) is 7.11 Å². The van der Waals surface area contributed by atoms with Crippen molar-refractivity contribution in [3.8, 4) is 6.07 Å². The van der Waals surface area contributed by atoms with Crippen LogP contribution in [0.3, 0.4) is 0 Å². The van der Waals surface area contributed by atoms with Gasteiger partial charge < -0.3 is 4.74 Å². The molecule has 84 valence electrons. The van der Waals surface area contributed by atoms with Crippen molar-refractivity contribution in [1.29, 1.82) is 5.26 Å². The smallest absolute Gasteiger partial charge is 0.317 e. The lowest BCUT2D eigenvalue weighted by Gasteiger charge is -2.24. The molecule has 1 aromatic rings. The summed E-state index contributed by atoms with van der Waals surface area (Å²) in [4.78, 5) is 11.8. The number of rotatable bonds is 3. The normalized spacial score (nSPS) is 13.6. The van der Waals surface area contributed by atoms with Gasteiger partial charge in [-0.3, -0.25) is 4.79 Å². The van der Waals surface area contributed by atoms with E-state index in [1.54, 1.807) is 6.92 Å². The predicted octanol–water partition coefficient (Wildman–Crippen LogP) is 2.34. The Morgan fingerprint density at radius 1 is 1.56 bits per heavy atom. The first kappa shape index (κ1) is 12.3. The molecule has 1 unspecified atom stereocenters. The molecule has 1 rings (SSSR count). The van der Waals surface area contributed by atoms with Crippen LogP contribution in [0.1, 0.15) is 24.5 Å². The molecule has 0 aromatic heterocycles. The van der Waals surface area contributed by atoms with Gasteiger partial charge in [0, 0.05) is 0 Å². The number of hydrogen-bond acceptors (Lipinski definition) is 3. The SMILES string of the molecule is COC(=O)C(C)(CC#N)c1cccc(C)c1. The lowest BCUT2D eigenvalue weighted by atomic mass is 9.79. The Morgan fingerprint density at radius 2 is 2.25 bits per heavy atom. The van der Waals surface area contributed by atoms with Crippen molar-refractivity contribution in [1.82, 2.24) is 0 Å². The van der Waals surface area contributed by atoms with Crippen LogP contribution in [0.5, 0.6) is 0 Å². The summed E-state index contributed by atoms with van der Waals surface area (Å²) in [7, 11) is 1.34. The van der Waals surface area contributed by atoms with Crippen LogP contribution >= 0.6 is 0 Å². The van der Waals surface area contributed by atoms with E-state index in [4.69, 9.17) is 10.00 Å². The molecular formula is C13H15NO2. The van der Waals surface area contributed by atoms with Crippen LogP contribution in [-0.4, -0.2) is 13.1 Å². The highest BCUT2D eigenvalue weighted by atomic mass is 16.5. The minimum Gasteiger partial charge on any atom is -0.468 e. The lowest BCUT2D eigenvalue weighted by Crippen LogP contribution is -2.33. The third-order valence-electron chi connectivity index (χ3n) is 2.72. The zero-order valence-electron chi connectivity index (χ0n) is 9.78. The van der Waals surface area contributed by atoms with Gasteiger partial charge in [-0.1, -0.05) is 29.8 Å². The van der Waals surface area contributed by atoms with E-state index < -0.39 is 5.41 Å². The lowest BCUT2D eigenvalue weighted by molar-refractivity contribution is -0.146. The van der Waals surface area contributed by atoms with Gasteiger partial charge in [0.1, 0.15) is 5.41 Å². The van der Waals surface area contributed by atoms with Gasteiger partial charge in [0.15, 0.2) is 0 Å². The number of hydrogen-bond donors (Lipinski definition) is 0. The van der Waals surface area contributed by atoms with E-state index in [1.807, 2.05) is 37.3 Å². The Kier molecular flexibility index (Phi) is 3.68. The number of nitriles is 1. The van der Waals surface area contributed by atoms with Gasteiger partial charge in [0.05, 0.1) is 19.6 Å². The molecule has 0 N–H and O–H groups in total. The van der Waals surface area contributed by atoms with Crippen molar-refractivity contribution in [2.75, 3.05) is 7.11 Å². The van der Waals surface area contributed by atoms with Gasteiger partial charge in [0.2, 0.25) is 0 Å². The summed E-state index contributed by atoms with van der Waals surface area (Å²) in [5, 5.41) is 8.82. The zero-order valence-corrected chi connectivity index (χ0v) is 9.78. The van der Waals surface area contributed by atoms with Crippen molar-refractivity contribution in [3.63, 3.8) is 0 Å². The fraction of sp³-hybridized carbons (Fsp3) is 0.385. The first-order valence-corrected chi connectivity index (χ1v) is 5.07. The first-order valence-electron chi connectivity index (χ1n) is 5.07. The third kappa shape index (κ3) is 2.22. The van der Waals surface area contributed by atoms with Crippen LogP contribution in [0, 0.1) is 18.3 Å². The highest BCUT2D eigenvalue weighted by Crippen LogP contribution is 2.29. The molecule has 0 heterocycles. The molecule has 16 heavy (non-hydrogen) atoms. The van der Waals surface area contributed by atoms with Gasteiger partial charge in [-0.05, 0) is 19.4 Å². The number of esters is 1. The van der Waals surface area contributed by atoms with E-state index in [2.05, 4.69) is 0 Å². The highest BCUT2D eigenvalue weighted by molar-refractivity contribution is 5.83. The van der Waals surface area contributed by atoms with E-state index in [0.29, 0.717) is 0 Å². The van der Waals surface area contributed by atoms with Crippen LogP contribution in [0.15, 0.2) is 24.3 Å². The molecule has 3 nitrogen and oxygen atoms in total. The van der Waals surface area contributed by atoms with Crippen LogP contribution in [0.25, 0.3) is 0 Å². The van der Waals surface area contributed by atoms with Gasteiger partial charge >= 0.3 is 5.97 Å².